The van der Waals surface area contributed by atoms with Gasteiger partial charge in [0.2, 0.25) is 5.91 Å². The number of nitrogens with zero attached hydrogens (tertiary/aromatic N) is 4. The largest absolute Gasteiger partial charge is 0.325 e. The van der Waals surface area contributed by atoms with Gasteiger partial charge in [-0.1, -0.05) is 0 Å². The number of aryl methyl sites for hydroxylation is 1. The van der Waals surface area contributed by atoms with Gasteiger partial charge in [-0.25, -0.2) is 23.7 Å². The molecule has 8 heteroatoms. The topological polar surface area (TPSA) is 71.0 Å². The lowest BCUT2D eigenvalue weighted by Gasteiger charge is -2.20. The zero-order chi connectivity index (χ0) is 17.8. The van der Waals surface area contributed by atoms with Crippen LogP contribution >= 0.6 is 0 Å². The molecule has 2 aliphatic rings. The van der Waals surface area contributed by atoms with E-state index in [9.17, 15) is 13.6 Å². The second-order valence-electron chi connectivity index (χ2n) is 6.66. The van der Waals surface area contributed by atoms with Crippen LogP contribution in [0.3, 0.4) is 0 Å². The minimum atomic E-state index is -2.72. The number of hydrogen-bond donors (Lipinski definition) is 1. The molecule has 6 nitrogen and oxygen atoms in total. The molecule has 1 aliphatic carbocycles. The lowest BCUT2D eigenvalue weighted by Crippen LogP contribution is -2.21. The number of alkyl halides is 2. The van der Waals surface area contributed by atoms with E-state index in [1.54, 1.807) is 25.3 Å². The maximum atomic E-state index is 13.1. The second kappa shape index (κ2) is 5.44. The van der Waals surface area contributed by atoms with Crippen LogP contribution in [0.1, 0.15) is 43.3 Å². The van der Waals surface area contributed by atoms with Gasteiger partial charge in [-0.2, -0.15) is 0 Å². The second-order valence-corrected chi connectivity index (χ2v) is 6.66. The Morgan fingerprint density at radius 1 is 1.32 bits per heavy atom. The number of halogens is 2. The summed E-state index contributed by atoms with van der Waals surface area (Å²) >= 11 is 0. The Balaban J connectivity index is 1.79. The van der Waals surface area contributed by atoms with E-state index >= 15 is 0 Å². The summed E-state index contributed by atoms with van der Waals surface area (Å²) < 4.78 is 26.2. The monoisotopic (exact) mass is 345 g/mol. The first kappa shape index (κ1) is 15.9. The number of anilines is 3. The normalized spacial score (nSPS) is 17.1. The highest BCUT2D eigenvalue weighted by molar-refractivity contribution is 5.89. The number of fused-ring (bicyclic) bond motifs is 2. The Hall–Kier alpha value is -2.64. The predicted molar refractivity (Wildman–Crippen MR) is 88.2 cm³/mol. The van der Waals surface area contributed by atoms with E-state index in [1.807, 2.05) is 4.90 Å². The molecule has 1 aliphatic heterocycles. The van der Waals surface area contributed by atoms with Gasteiger partial charge in [0, 0.05) is 48.5 Å². The van der Waals surface area contributed by atoms with Gasteiger partial charge in [-0.15, -0.1) is 0 Å². The minimum absolute atomic E-state index is 0.0148. The predicted octanol–water partition coefficient (Wildman–Crippen LogP) is 3.26. The van der Waals surface area contributed by atoms with E-state index in [-0.39, 0.29) is 11.3 Å². The lowest BCUT2D eigenvalue weighted by atomic mass is 10.0. The summed E-state index contributed by atoms with van der Waals surface area (Å²) in [6.45, 7) is 3.76. The summed E-state index contributed by atoms with van der Waals surface area (Å²) in [6.07, 6.45) is 1.12. The van der Waals surface area contributed by atoms with Crippen molar-refractivity contribution in [2.75, 3.05) is 16.8 Å². The number of carbonyl (C=O) groups excluding carboxylic acids is 1. The van der Waals surface area contributed by atoms with Crippen LogP contribution in [0.5, 0.6) is 0 Å². The lowest BCUT2D eigenvalue weighted by molar-refractivity contribution is -0.114. The van der Waals surface area contributed by atoms with Crippen LogP contribution in [0.15, 0.2) is 18.3 Å². The van der Waals surface area contributed by atoms with Gasteiger partial charge in [-0.05, 0) is 19.8 Å². The molecule has 1 amide bonds. The SMILES string of the molecule is CC(=O)Nc1cc2c(cn1)C1(CC1)CN2c1cc(C)nc(C(F)F)n1. The molecule has 3 heterocycles. The van der Waals surface area contributed by atoms with Crippen molar-refractivity contribution >= 4 is 23.2 Å². The number of hydrogen-bond acceptors (Lipinski definition) is 5. The molecule has 1 fully saturated rings. The molecule has 0 aromatic carbocycles. The zero-order valence-corrected chi connectivity index (χ0v) is 13.9. The average Bonchev–Trinajstić information content (AvgIpc) is 3.24. The first-order valence-corrected chi connectivity index (χ1v) is 8.07. The zero-order valence-electron chi connectivity index (χ0n) is 13.9. The molecule has 2 aromatic rings. The minimum Gasteiger partial charge on any atom is -0.325 e. The van der Waals surface area contributed by atoms with Crippen molar-refractivity contribution in [2.24, 2.45) is 0 Å². The van der Waals surface area contributed by atoms with Gasteiger partial charge < -0.3 is 10.2 Å². The van der Waals surface area contributed by atoms with Gasteiger partial charge in [0.1, 0.15) is 11.6 Å². The summed E-state index contributed by atoms with van der Waals surface area (Å²) in [7, 11) is 0. The molecule has 1 N–H and O–H groups in total. The van der Waals surface area contributed by atoms with Crippen LogP contribution < -0.4 is 10.2 Å². The van der Waals surface area contributed by atoms with Crippen molar-refractivity contribution in [2.45, 2.75) is 38.5 Å². The van der Waals surface area contributed by atoms with Crippen molar-refractivity contribution in [1.29, 1.82) is 0 Å². The Morgan fingerprint density at radius 2 is 2.08 bits per heavy atom. The fraction of sp³-hybridized carbons (Fsp3) is 0.412. The Kier molecular flexibility index (Phi) is 3.45. The molecule has 0 saturated heterocycles. The molecule has 130 valence electrons. The van der Waals surface area contributed by atoms with E-state index in [2.05, 4.69) is 20.3 Å². The molecular weight excluding hydrogens is 328 g/mol. The van der Waals surface area contributed by atoms with Crippen molar-refractivity contribution in [3.05, 3.63) is 35.4 Å². The maximum Gasteiger partial charge on any atom is 0.297 e. The third kappa shape index (κ3) is 2.71. The van der Waals surface area contributed by atoms with E-state index in [1.165, 1.54) is 6.92 Å². The maximum absolute atomic E-state index is 13.1. The highest BCUT2D eigenvalue weighted by Crippen LogP contribution is 2.58. The van der Waals surface area contributed by atoms with Gasteiger partial charge >= 0.3 is 0 Å². The van der Waals surface area contributed by atoms with Gasteiger partial charge in [-0.3, -0.25) is 4.79 Å². The summed E-state index contributed by atoms with van der Waals surface area (Å²) in [5.74, 6) is 0.210. The van der Waals surface area contributed by atoms with Gasteiger partial charge in [0.05, 0.1) is 5.69 Å². The van der Waals surface area contributed by atoms with Crippen molar-refractivity contribution in [3.8, 4) is 0 Å². The third-order valence-electron chi connectivity index (χ3n) is 4.69. The molecule has 0 atom stereocenters. The van der Waals surface area contributed by atoms with Crippen LogP contribution in [0.4, 0.5) is 26.1 Å². The number of rotatable bonds is 3. The van der Waals surface area contributed by atoms with Crippen LogP contribution in [0, 0.1) is 6.92 Å². The number of pyridine rings is 1. The molecule has 1 spiro atoms. The van der Waals surface area contributed by atoms with Crippen molar-refractivity contribution < 1.29 is 13.6 Å². The fourth-order valence-electron chi connectivity index (χ4n) is 3.39. The van der Waals surface area contributed by atoms with Crippen LogP contribution in [-0.4, -0.2) is 27.4 Å². The fourth-order valence-corrected chi connectivity index (χ4v) is 3.39. The highest BCUT2D eigenvalue weighted by Gasteiger charge is 2.52. The first-order valence-electron chi connectivity index (χ1n) is 8.07. The van der Waals surface area contributed by atoms with E-state index in [4.69, 9.17) is 0 Å². The number of aromatic nitrogens is 3. The van der Waals surface area contributed by atoms with Gasteiger partial charge in [0.25, 0.3) is 6.43 Å². The number of amides is 1. The standard InChI is InChI=1S/C17H17F2N5O/c1-9-5-14(23-16(21-9)15(18)19)24-8-17(3-4-17)11-7-20-13(6-12(11)24)22-10(2)25/h5-7,15H,3-4,8H2,1-2H3,(H,20,22,25). The van der Waals surface area contributed by atoms with Crippen LogP contribution in [-0.2, 0) is 10.2 Å². The number of nitrogens with one attached hydrogen (secondary N) is 1. The Labute approximate surface area is 143 Å². The number of carbonyl (C=O) groups is 1. The quantitative estimate of drug-likeness (QED) is 0.924. The molecule has 0 bridgehead atoms. The Morgan fingerprint density at radius 3 is 2.72 bits per heavy atom. The molecule has 25 heavy (non-hydrogen) atoms. The first-order chi connectivity index (χ1) is 11.9. The summed E-state index contributed by atoms with van der Waals surface area (Å²) in [5, 5.41) is 2.67. The average molecular weight is 345 g/mol. The van der Waals surface area contributed by atoms with E-state index in [0.29, 0.717) is 23.9 Å². The molecule has 1 saturated carbocycles. The third-order valence-corrected chi connectivity index (χ3v) is 4.69. The van der Waals surface area contributed by atoms with Crippen molar-refractivity contribution in [1.82, 2.24) is 15.0 Å². The van der Waals surface area contributed by atoms with E-state index in [0.717, 1.165) is 24.1 Å². The summed E-state index contributed by atoms with van der Waals surface area (Å²) in [4.78, 5) is 25.4. The van der Waals surface area contributed by atoms with Crippen LogP contribution in [0.2, 0.25) is 0 Å². The van der Waals surface area contributed by atoms with Crippen LogP contribution in [0.25, 0.3) is 0 Å². The highest BCUT2D eigenvalue weighted by atomic mass is 19.3. The smallest absolute Gasteiger partial charge is 0.297 e. The molecule has 0 radical (unpaired) electrons. The molecular formula is C17H17F2N5O. The Bertz CT molecular complexity index is 866. The summed E-state index contributed by atoms with van der Waals surface area (Å²) in [5.41, 5.74) is 2.45. The van der Waals surface area contributed by atoms with Gasteiger partial charge in [0.15, 0.2) is 5.82 Å². The summed E-state index contributed by atoms with van der Waals surface area (Å²) in [6, 6.07) is 3.48. The molecule has 2 aromatic heterocycles. The van der Waals surface area contributed by atoms with E-state index < -0.39 is 12.2 Å². The molecule has 0 unspecified atom stereocenters. The molecule has 4 rings (SSSR count). The van der Waals surface area contributed by atoms with Crippen molar-refractivity contribution in [3.63, 3.8) is 0 Å².